The molecule has 1 saturated heterocycles. The summed E-state index contributed by atoms with van der Waals surface area (Å²) in [6, 6.07) is 9.27. The molecule has 0 spiro atoms. The summed E-state index contributed by atoms with van der Waals surface area (Å²) >= 11 is 6.06. The number of aromatic nitrogens is 1. The number of fused-ring (bicyclic) bond motifs is 1. The van der Waals surface area contributed by atoms with Crippen LogP contribution in [0.4, 0.5) is 0 Å². The molecule has 1 fully saturated rings. The van der Waals surface area contributed by atoms with Gasteiger partial charge in [-0.05, 0) is 35.6 Å². The minimum Gasteiger partial charge on any atom is -0.336 e. The summed E-state index contributed by atoms with van der Waals surface area (Å²) in [5.41, 5.74) is 1.73. The molecule has 0 atom stereocenters. The van der Waals surface area contributed by atoms with E-state index in [0.717, 1.165) is 12.1 Å². The number of amides is 1. The second-order valence-electron chi connectivity index (χ2n) is 9.04. The number of nitrogens with zero attached hydrogens (tertiary/aromatic N) is 2. The number of ketones is 1. The Hall–Kier alpha value is -2.44. The predicted molar refractivity (Wildman–Crippen MR) is 116 cm³/mol. The Labute approximate surface area is 180 Å². The fourth-order valence-corrected chi connectivity index (χ4v) is 4.57. The second-order valence-corrected chi connectivity index (χ2v) is 9.48. The van der Waals surface area contributed by atoms with Crippen LogP contribution in [0.15, 0.2) is 35.1 Å². The molecule has 6 nitrogen and oxygen atoms in total. The SMILES string of the molecule is CC1(C)CC(=O)c2cc(C(=O)N3CCN(Cc4cccc(Cl)c4)CC3)c(=O)[nH]c2C1. The fraction of sp³-hybridized carbons (Fsp3) is 0.435. The van der Waals surface area contributed by atoms with Gasteiger partial charge < -0.3 is 9.88 Å². The molecule has 2 aromatic rings. The summed E-state index contributed by atoms with van der Waals surface area (Å²) < 4.78 is 0. The lowest BCUT2D eigenvalue weighted by molar-refractivity contribution is 0.0626. The first-order valence-electron chi connectivity index (χ1n) is 10.3. The highest BCUT2D eigenvalue weighted by molar-refractivity contribution is 6.30. The number of Topliss-reactive ketones (excluding diaryl/α,β-unsaturated/α-hetero) is 1. The van der Waals surface area contributed by atoms with Crippen LogP contribution < -0.4 is 5.56 Å². The van der Waals surface area contributed by atoms with E-state index in [1.54, 1.807) is 4.90 Å². The van der Waals surface area contributed by atoms with E-state index in [2.05, 4.69) is 9.88 Å². The lowest BCUT2D eigenvalue weighted by Crippen LogP contribution is -2.49. The Morgan fingerprint density at radius 1 is 1.10 bits per heavy atom. The van der Waals surface area contributed by atoms with Gasteiger partial charge in [0, 0.05) is 55.4 Å². The van der Waals surface area contributed by atoms with E-state index in [1.807, 2.05) is 38.1 Å². The molecule has 4 rings (SSSR count). The first kappa shape index (κ1) is 20.8. The molecule has 0 saturated carbocycles. The number of carbonyl (C=O) groups is 2. The number of hydrogen-bond acceptors (Lipinski definition) is 4. The Morgan fingerprint density at radius 3 is 2.53 bits per heavy atom. The monoisotopic (exact) mass is 427 g/mol. The third-order valence-electron chi connectivity index (χ3n) is 5.90. The normalized spacial score (nSPS) is 18.9. The number of carbonyl (C=O) groups excluding carboxylic acids is 2. The molecule has 1 amide bonds. The van der Waals surface area contributed by atoms with Crippen molar-refractivity contribution in [3.63, 3.8) is 0 Å². The maximum absolute atomic E-state index is 13.0. The smallest absolute Gasteiger partial charge is 0.261 e. The van der Waals surface area contributed by atoms with Gasteiger partial charge in [-0.15, -0.1) is 0 Å². The van der Waals surface area contributed by atoms with E-state index < -0.39 is 5.56 Å². The van der Waals surface area contributed by atoms with E-state index in [9.17, 15) is 14.4 Å². The topological polar surface area (TPSA) is 73.5 Å². The maximum atomic E-state index is 13.0. The molecule has 2 aliphatic rings. The highest BCUT2D eigenvalue weighted by Gasteiger charge is 2.33. The zero-order valence-electron chi connectivity index (χ0n) is 17.3. The molecule has 30 heavy (non-hydrogen) atoms. The van der Waals surface area contributed by atoms with Gasteiger partial charge in [0.15, 0.2) is 5.78 Å². The summed E-state index contributed by atoms with van der Waals surface area (Å²) in [5, 5.41) is 0.714. The average Bonchev–Trinajstić information content (AvgIpc) is 2.67. The summed E-state index contributed by atoms with van der Waals surface area (Å²) in [5.74, 6) is -0.322. The van der Waals surface area contributed by atoms with Crippen LogP contribution in [0, 0.1) is 5.41 Å². The number of H-pyrrole nitrogens is 1. The molecule has 0 unspecified atom stereocenters. The van der Waals surface area contributed by atoms with Crippen molar-refractivity contribution in [3.8, 4) is 0 Å². The van der Waals surface area contributed by atoms with Gasteiger partial charge in [0.05, 0.1) is 0 Å². The Kier molecular flexibility index (Phi) is 5.55. The number of pyridine rings is 1. The van der Waals surface area contributed by atoms with Crippen LogP contribution in [0.25, 0.3) is 0 Å². The van der Waals surface area contributed by atoms with E-state index >= 15 is 0 Å². The van der Waals surface area contributed by atoms with Crippen molar-refractivity contribution in [2.75, 3.05) is 26.2 Å². The number of aromatic amines is 1. The van der Waals surface area contributed by atoms with E-state index in [4.69, 9.17) is 11.6 Å². The standard InChI is InChI=1S/C23H26ClN3O3/c1-23(2)12-19-17(20(28)13-23)11-18(21(29)25-19)22(30)27-8-6-26(7-9-27)14-15-4-3-5-16(24)10-15/h3-5,10-11H,6-9,12-14H2,1-2H3,(H,25,29). The van der Waals surface area contributed by atoms with Crippen LogP contribution in [0.1, 0.15) is 52.2 Å². The van der Waals surface area contributed by atoms with E-state index in [1.165, 1.54) is 6.07 Å². The minimum atomic E-state index is -0.411. The molecule has 1 aliphatic carbocycles. The highest BCUT2D eigenvalue weighted by atomic mass is 35.5. The molecule has 1 N–H and O–H groups in total. The first-order chi connectivity index (χ1) is 14.2. The molecule has 7 heteroatoms. The van der Waals surface area contributed by atoms with Crippen molar-refractivity contribution >= 4 is 23.3 Å². The Morgan fingerprint density at radius 2 is 1.83 bits per heavy atom. The molecule has 1 aliphatic heterocycles. The van der Waals surface area contributed by atoms with Crippen LogP contribution in [-0.2, 0) is 13.0 Å². The molecular formula is C23H26ClN3O3. The summed E-state index contributed by atoms with van der Waals surface area (Å²) in [4.78, 5) is 44.9. The second kappa shape index (κ2) is 8.00. The zero-order chi connectivity index (χ0) is 21.5. The zero-order valence-corrected chi connectivity index (χ0v) is 18.1. The van der Waals surface area contributed by atoms with Gasteiger partial charge in [-0.3, -0.25) is 19.3 Å². The van der Waals surface area contributed by atoms with Gasteiger partial charge >= 0.3 is 0 Å². The average molecular weight is 428 g/mol. The van der Waals surface area contributed by atoms with Gasteiger partial charge in [0.1, 0.15) is 5.56 Å². The van der Waals surface area contributed by atoms with Crippen molar-refractivity contribution in [1.29, 1.82) is 0 Å². The summed E-state index contributed by atoms with van der Waals surface area (Å²) in [6.07, 6.45) is 1.04. The lowest BCUT2D eigenvalue weighted by Gasteiger charge is -2.35. The van der Waals surface area contributed by atoms with Gasteiger partial charge in [0.25, 0.3) is 11.5 Å². The van der Waals surface area contributed by atoms with Crippen LogP contribution in [0.5, 0.6) is 0 Å². The Bertz CT molecular complexity index is 1050. The largest absolute Gasteiger partial charge is 0.336 e. The number of halogens is 1. The molecule has 1 aromatic carbocycles. The molecule has 1 aromatic heterocycles. The van der Waals surface area contributed by atoms with Crippen LogP contribution in [-0.4, -0.2) is 52.7 Å². The fourth-order valence-electron chi connectivity index (χ4n) is 4.36. The van der Waals surface area contributed by atoms with E-state index in [0.29, 0.717) is 55.3 Å². The number of rotatable bonds is 3. The van der Waals surface area contributed by atoms with Gasteiger partial charge in [-0.2, -0.15) is 0 Å². The number of nitrogens with one attached hydrogen (secondary N) is 1. The summed E-state index contributed by atoms with van der Waals surface area (Å²) in [6.45, 7) is 7.30. The number of hydrogen-bond donors (Lipinski definition) is 1. The quantitative estimate of drug-likeness (QED) is 0.816. The molecule has 0 radical (unpaired) electrons. The van der Waals surface area contributed by atoms with Gasteiger partial charge in [-0.1, -0.05) is 37.6 Å². The predicted octanol–water partition coefficient (Wildman–Crippen LogP) is 3.14. The van der Waals surface area contributed by atoms with Crippen LogP contribution >= 0.6 is 11.6 Å². The van der Waals surface area contributed by atoms with Crippen LogP contribution in [0.2, 0.25) is 5.02 Å². The molecule has 2 heterocycles. The van der Waals surface area contributed by atoms with Crippen molar-refractivity contribution < 1.29 is 9.59 Å². The molecular weight excluding hydrogens is 402 g/mol. The van der Waals surface area contributed by atoms with Crippen molar-refractivity contribution in [3.05, 3.63) is 68.1 Å². The number of piperazine rings is 1. The lowest BCUT2D eigenvalue weighted by atomic mass is 9.75. The highest BCUT2D eigenvalue weighted by Crippen LogP contribution is 2.33. The maximum Gasteiger partial charge on any atom is 0.261 e. The van der Waals surface area contributed by atoms with Crippen LogP contribution in [0.3, 0.4) is 0 Å². The van der Waals surface area contributed by atoms with Gasteiger partial charge in [0.2, 0.25) is 0 Å². The first-order valence-corrected chi connectivity index (χ1v) is 10.7. The van der Waals surface area contributed by atoms with Crippen molar-refractivity contribution in [2.24, 2.45) is 5.41 Å². The van der Waals surface area contributed by atoms with Crippen molar-refractivity contribution in [1.82, 2.24) is 14.8 Å². The molecule has 158 valence electrons. The van der Waals surface area contributed by atoms with E-state index in [-0.39, 0.29) is 22.7 Å². The number of benzene rings is 1. The molecule has 0 bridgehead atoms. The van der Waals surface area contributed by atoms with Gasteiger partial charge in [-0.25, -0.2) is 0 Å². The summed E-state index contributed by atoms with van der Waals surface area (Å²) in [7, 11) is 0. The third-order valence-corrected chi connectivity index (χ3v) is 6.14. The van der Waals surface area contributed by atoms with Crippen molar-refractivity contribution in [2.45, 2.75) is 33.2 Å². The Balaban J connectivity index is 1.45. The minimum absolute atomic E-state index is 0.0158. The third kappa shape index (κ3) is 4.35.